The Hall–Kier alpha value is -2.43. The van der Waals surface area contributed by atoms with Gasteiger partial charge in [-0.25, -0.2) is 9.37 Å². The van der Waals surface area contributed by atoms with Crippen molar-refractivity contribution in [1.82, 2.24) is 4.98 Å². The number of aromatic nitrogens is 1. The quantitative estimate of drug-likeness (QED) is 0.618. The third-order valence-corrected chi connectivity index (χ3v) is 2.75. The van der Waals surface area contributed by atoms with E-state index in [1.54, 1.807) is 13.0 Å². The molecule has 0 radical (unpaired) electrons. The fraction of sp³-hybridized carbons (Fsp3) is 0.0769. The second-order valence-corrected chi connectivity index (χ2v) is 4.07. The summed E-state index contributed by atoms with van der Waals surface area (Å²) in [5.74, 6) is -0.965. The molecule has 1 aliphatic carbocycles. The standard InChI is InChI=1S/C13H8FNO3/c1-6-2-8-12(4-10(6)16)18-13-5-11(17)7(14)3-9(13)15-8/h2-5,17H,1H3. The molecule has 90 valence electrons. The number of hydrogen-bond acceptors (Lipinski definition) is 4. The highest BCUT2D eigenvalue weighted by atomic mass is 19.1. The summed E-state index contributed by atoms with van der Waals surface area (Å²) in [4.78, 5) is 15.7. The fourth-order valence-electron chi connectivity index (χ4n) is 1.77. The summed E-state index contributed by atoms with van der Waals surface area (Å²) < 4.78 is 18.6. The first-order chi connectivity index (χ1) is 8.54. The predicted molar refractivity (Wildman–Crippen MR) is 63.3 cm³/mol. The summed E-state index contributed by atoms with van der Waals surface area (Å²) in [6.07, 6.45) is 0. The lowest BCUT2D eigenvalue weighted by molar-refractivity contribution is 0.432. The van der Waals surface area contributed by atoms with E-state index in [2.05, 4.69) is 4.98 Å². The molecule has 1 aromatic carbocycles. The number of aryl methyl sites for hydroxylation is 1. The van der Waals surface area contributed by atoms with E-state index in [0.29, 0.717) is 17.0 Å². The van der Waals surface area contributed by atoms with E-state index in [-0.39, 0.29) is 16.5 Å². The number of nitrogens with zero attached hydrogens (tertiary/aromatic N) is 1. The van der Waals surface area contributed by atoms with Crippen LogP contribution < -0.4 is 5.43 Å². The van der Waals surface area contributed by atoms with Crippen molar-refractivity contribution in [3.8, 4) is 17.2 Å². The Bertz CT molecular complexity index is 794. The number of rotatable bonds is 0. The summed E-state index contributed by atoms with van der Waals surface area (Å²) in [5, 5.41) is 9.26. The van der Waals surface area contributed by atoms with Crippen molar-refractivity contribution in [3.63, 3.8) is 0 Å². The summed E-state index contributed by atoms with van der Waals surface area (Å²) in [7, 11) is 0. The first-order valence-corrected chi connectivity index (χ1v) is 5.28. The van der Waals surface area contributed by atoms with E-state index in [1.807, 2.05) is 0 Å². The monoisotopic (exact) mass is 245 g/mol. The van der Waals surface area contributed by atoms with Crippen molar-refractivity contribution in [1.29, 1.82) is 0 Å². The minimum atomic E-state index is -0.762. The highest BCUT2D eigenvalue weighted by Crippen LogP contribution is 2.28. The second kappa shape index (κ2) is 3.53. The molecule has 1 N–H and O–H groups in total. The van der Waals surface area contributed by atoms with Crippen molar-refractivity contribution in [2.45, 2.75) is 6.92 Å². The van der Waals surface area contributed by atoms with Gasteiger partial charge in [-0.15, -0.1) is 0 Å². The molecule has 0 bridgehead atoms. The van der Waals surface area contributed by atoms with E-state index < -0.39 is 11.6 Å². The topological polar surface area (TPSA) is 63.3 Å². The van der Waals surface area contributed by atoms with Gasteiger partial charge in [0, 0.05) is 18.2 Å². The first-order valence-electron chi connectivity index (χ1n) is 5.28. The third-order valence-electron chi connectivity index (χ3n) is 2.75. The number of phenolic OH excluding ortho intramolecular Hbond substituents is 1. The van der Waals surface area contributed by atoms with Gasteiger partial charge in [0.05, 0.1) is 0 Å². The maximum Gasteiger partial charge on any atom is 0.185 e. The Labute approximate surface area is 101 Å². The number of phenols is 1. The van der Waals surface area contributed by atoms with Gasteiger partial charge in [-0.05, 0) is 18.6 Å². The van der Waals surface area contributed by atoms with Crippen LogP contribution in [0.4, 0.5) is 4.39 Å². The Morgan fingerprint density at radius 2 is 2.06 bits per heavy atom. The van der Waals surface area contributed by atoms with Crippen LogP contribution in [0.1, 0.15) is 5.56 Å². The molecule has 1 heterocycles. The lowest BCUT2D eigenvalue weighted by Gasteiger charge is -2.07. The molecular formula is C13H8FNO3. The van der Waals surface area contributed by atoms with Crippen LogP contribution in [0.15, 0.2) is 33.5 Å². The van der Waals surface area contributed by atoms with Crippen molar-refractivity contribution in [2.24, 2.45) is 0 Å². The molecule has 0 unspecified atom stereocenters. The van der Waals surface area contributed by atoms with E-state index in [1.165, 1.54) is 6.07 Å². The van der Waals surface area contributed by atoms with Crippen LogP contribution in [0, 0.1) is 12.7 Å². The van der Waals surface area contributed by atoms with Gasteiger partial charge in [-0.3, -0.25) is 4.79 Å². The highest BCUT2D eigenvalue weighted by Gasteiger charge is 2.13. The Morgan fingerprint density at radius 1 is 1.28 bits per heavy atom. The molecule has 0 aromatic heterocycles. The minimum absolute atomic E-state index is 0.154. The fourth-order valence-corrected chi connectivity index (χ4v) is 1.77. The van der Waals surface area contributed by atoms with Gasteiger partial charge in [-0.2, -0.15) is 0 Å². The zero-order chi connectivity index (χ0) is 12.9. The average molecular weight is 245 g/mol. The van der Waals surface area contributed by atoms with Crippen LogP contribution >= 0.6 is 0 Å². The van der Waals surface area contributed by atoms with Crippen LogP contribution in [-0.4, -0.2) is 10.1 Å². The largest absolute Gasteiger partial charge is 0.505 e. The molecule has 0 saturated carbocycles. The maximum atomic E-state index is 13.2. The van der Waals surface area contributed by atoms with Gasteiger partial charge in [0.25, 0.3) is 0 Å². The van der Waals surface area contributed by atoms with Gasteiger partial charge < -0.3 is 9.52 Å². The van der Waals surface area contributed by atoms with Gasteiger partial charge >= 0.3 is 0 Å². The molecule has 0 fully saturated rings. The van der Waals surface area contributed by atoms with Crippen LogP contribution in [0.5, 0.6) is 5.75 Å². The summed E-state index contributed by atoms with van der Waals surface area (Å²) in [6.45, 7) is 1.67. The Kier molecular flexibility index (Phi) is 2.10. The predicted octanol–water partition coefficient (Wildman–Crippen LogP) is 2.45. The average Bonchev–Trinajstić information content (AvgIpc) is 2.31. The summed E-state index contributed by atoms with van der Waals surface area (Å²) in [5.41, 5.74) is 1.38. The molecule has 2 aliphatic rings. The highest BCUT2D eigenvalue weighted by molar-refractivity contribution is 5.77. The molecule has 0 amide bonds. The van der Waals surface area contributed by atoms with Crippen molar-refractivity contribution < 1.29 is 13.9 Å². The molecule has 0 atom stereocenters. The van der Waals surface area contributed by atoms with Crippen LogP contribution in [-0.2, 0) is 0 Å². The van der Waals surface area contributed by atoms with E-state index >= 15 is 0 Å². The van der Waals surface area contributed by atoms with Crippen LogP contribution in [0.2, 0.25) is 0 Å². The minimum Gasteiger partial charge on any atom is -0.505 e. The van der Waals surface area contributed by atoms with Crippen molar-refractivity contribution >= 4 is 11.1 Å². The van der Waals surface area contributed by atoms with Crippen molar-refractivity contribution in [3.05, 3.63) is 45.9 Å². The Morgan fingerprint density at radius 3 is 2.83 bits per heavy atom. The molecule has 1 aromatic rings. The molecule has 0 saturated heterocycles. The number of hydrogen-bond donors (Lipinski definition) is 1. The normalized spacial score (nSPS) is 11.2. The number of fused-ring (bicyclic) bond motifs is 2. The molecule has 3 rings (SSSR count). The first kappa shape index (κ1) is 10.7. The van der Waals surface area contributed by atoms with E-state index in [0.717, 1.165) is 12.1 Å². The van der Waals surface area contributed by atoms with Crippen LogP contribution in [0.3, 0.4) is 0 Å². The maximum absolute atomic E-state index is 13.2. The second-order valence-electron chi connectivity index (χ2n) is 4.07. The molecule has 1 aliphatic heterocycles. The van der Waals surface area contributed by atoms with Crippen molar-refractivity contribution in [2.75, 3.05) is 0 Å². The lowest BCUT2D eigenvalue weighted by atomic mass is 10.1. The number of aromatic hydroxyl groups is 1. The molecular weight excluding hydrogens is 237 g/mol. The van der Waals surface area contributed by atoms with Gasteiger partial charge in [0.15, 0.2) is 28.3 Å². The van der Waals surface area contributed by atoms with Gasteiger partial charge in [0.2, 0.25) is 0 Å². The molecule has 4 nitrogen and oxygen atoms in total. The zero-order valence-electron chi connectivity index (χ0n) is 9.40. The van der Waals surface area contributed by atoms with E-state index in [9.17, 15) is 14.3 Å². The van der Waals surface area contributed by atoms with Crippen LogP contribution in [0.25, 0.3) is 22.6 Å². The number of benzene rings is 2. The van der Waals surface area contributed by atoms with E-state index in [4.69, 9.17) is 4.42 Å². The third kappa shape index (κ3) is 1.52. The zero-order valence-corrected chi connectivity index (χ0v) is 9.40. The molecule has 5 heteroatoms. The SMILES string of the molecule is Cc1cc2nc3cc(F)c(O)cc3oc-2cc1=O. The lowest BCUT2D eigenvalue weighted by Crippen LogP contribution is -2.05. The van der Waals surface area contributed by atoms with Gasteiger partial charge in [0.1, 0.15) is 11.2 Å². The van der Waals surface area contributed by atoms with Gasteiger partial charge in [-0.1, -0.05) is 0 Å². The number of halogens is 1. The summed E-state index contributed by atoms with van der Waals surface area (Å²) >= 11 is 0. The Balaban J connectivity index is 2.45. The molecule has 0 spiro atoms. The smallest absolute Gasteiger partial charge is 0.185 e. The summed E-state index contributed by atoms with van der Waals surface area (Å²) in [6, 6.07) is 5.15. The molecule has 18 heavy (non-hydrogen) atoms.